The molecule has 1 N–H and O–H groups in total. The van der Waals surface area contributed by atoms with Crippen molar-refractivity contribution in [2.24, 2.45) is 0 Å². The molecule has 0 aliphatic heterocycles. The number of nitrogens with one attached hydrogen (secondary N) is 1. The Hall–Kier alpha value is -1.90. The zero-order valence-electron chi connectivity index (χ0n) is 15.2. The molecule has 5 nitrogen and oxygen atoms in total. The number of benzene rings is 2. The van der Waals surface area contributed by atoms with E-state index < -0.39 is 0 Å². The summed E-state index contributed by atoms with van der Waals surface area (Å²) >= 11 is 8.16. The third kappa shape index (κ3) is 5.33. The molecule has 3 aromatic rings. The van der Waals surface area contributed by atoms with Crippen molar-refractivity contribution in [3.8, 4) is 17.0 Å². The van der Waals surface area contributed by atoms with Gasteiger partial charge in [0, 0.05) is 21.8 Å². The van der Waals surface area contributed by atoms with Crippen LogP contribution < -0.4 is 10.1 Å². The Labute approximate surface area is 184 Å². The van der Waals surface area contributed by atoms with Crippen LogP contribution in [0.15, 0.2) is 62.6 Å². The van der Waals surface area contributed by atoms with Crippen molar-refractivity contribution in [1.82, 2.24) is 9.97 Å². The average molecular weight is 523 g/mol. The lowest BCUT2D eigenvalue weighted by Crippen LogP contribution is -2.15. The molecule has 0 saturated heterocycles. The van der Waals surface area contributed by atoms with Gasteiger partial charge in [0.1, 0.15) is 5.75 Å². The Kier molecular flexibility index (Phi) is 7.09. The second-order valence-corrected chi connectivity index (χ2v) is 8.50. The van der Waals surface area contributed by atoms with Gasteiger partial charge in [-0.25, -0.2) is 9.97 Å². The lowest BCUT2D eigenvalue weighted by molar-refractivity contribution is -0.113. The number of nitrogens with zero attached hydrogens (tertiary/aromatic N) is 2. The summed E-state index contributed by atoms with van der Waals surface area (Å²) in [5.41, 5.74) is 3.36. The van der Waals surface area contributed by atoms with E-state index in [9.17, 15) is 4.79 Å². The second-order valence-electron chi connectivity index (χ2n) is 5.85. The van der Waals surface area contributed by atoms with Crippen LogP contribution >= 0.6 is 43.6 Å². The van der Waals surface area contributed by atoms with E-state index in [1.165, 1.54) is 11.8 Å². The quantitative estimate of drug-likeness (QED) is 0.331. The van der Waals surface area contributed by atoms with Gasteiger partial charge in [0.15, 0.2) is 5.16 Å². The highest BCUT2D eigenvalue weighted by molar-refractivity contribution is 9.11. The van der Waals surface area contributed by atoms with Gasteiger partial charge in [-0.2, -0.15) is 0 Å². The minimum absolute atomic E-state index is 0.151. The van der Waals surface area contributed by atoms with E-state index >= 15 is 0 Å². The molecule has 0 radical (unpaired) electrons. The highest BCUT2D eigenvalue weighted by Gasteiger charge is 2.12. The summed E-state index contributed by atoms with van der Waals surface area (Å²) in [5.74, 6) is 0.685. The highest BCUT2D eigenvalue weighted by Crippen LogP contribution is 2.34. The fourth-order valence-corrected chi connectivity index (χ4v) is 4.42. The van der Waals surface area contributed by atoms with Gasteiger partial charge in [0.05, 0.1) is 28.7 Å². The Morgan fingerprint density at radius 3 is 2.57 bits per heavy atom. The number of hydrogen-bond acceptors (Lipinski definition) is 5. The molecule has 0 atom stereocenters. The van der Waals surface area contributed by atoms with Crippen LogP contribution in [-0.2, 0) is 4.79 Å². The molecular weight excluding hydrogens is 506 g/mol. The molecule has 1 heterocycles. The number of aromatic nitrogens is 2. The van der Waals surface area contributed by atoms with Crippen LogP contribution in [0.25, 0.3) is 11.3 Å². The number of anilines is 1. The summed E-state index contributed by atoms with van der Waals surface area (Å²) in [4.78, 5) is 21.4. The van der Waals surface area contributed by atoms with Gasteiger partial charge in [-0.05, 0) is 50.9 Å². The fourth-order valence-electron chi connectivity index (χ4n) is 2.46. The molecule has 3 rings (SSSR count). The van der Waals surface area contributed by atoms with E-state index in [1.807, 2.05) is 49.4 Å². The maximum Gasteiger partial charge on any atom is 0.234 e. The molecule has 8 heteroatoms. The predicted octanol–water partition coefficient (Wildman–Crippen LogP) is 5.72. The molecule has 28 heavy (non-hydrogen) atoms. The van der Waals surface area contributed by atoms with E-state index in [-0.39, 0.29) is 11.7 Å². The van der Waals surface area contributed by atoms with Crippen LogP contribution in [0.3, 0.4) is 0 Å². The van der Waals surface area contributed by atoms with Crippen molar-refractivity contribution in [2.45, 2.75) is 12.1 Å². The Morgan fingerprint density at radius 2 is 1.86 bits per heavy atom. The number of hydrogen-bond donors (Lipinski definition) is 1. The van der Waals surface area contributed by atoms with E-state index in [0.29, 0.717) is 16.6 Å². The van der Waals surface area contributed by atoms with Crippen LogP contribution in [0.4, 0.5) is 5.69 Å². The zero-order chi connectivity index (χ0) is 20.1. The van der Waals surface area contributed by atoms with Crippen LogP contribution in [-0.4, -0.2) is 28.7 Å². The van der Waals surface area contributed by atoms with Gasteiger partial charge >= 0.3 is 0 Å². The van der Waals surface area contributed by atoms with Gasteiger partial charge < -0.3 is 10.1 Å². The number of methoxy groups -OCH3 is 1. The summed E-state index contributed by atoms with van der Waals surface area (Å²) in [6.45, 7) is 1.92. The molecule has 2 aromatic carbocycles. The summed E-state index contributed by atoms with van der Waals surface area (Å²) in [7, 11) is 1.58. The van der Waals surface area contributed by atoms with Crippen molar-refractivity contribution in [2.75, 3.05) is 18.2 Å². The molecule has 0 aliphatic rings. The number of ether oxygens (including phenoxy) is 1. The number of halogens is 2. The first-order valence-corrected chi connectivity index (χ1v) is 10.9. The third-order valence-electron chi connectivity index (χ3n) is 3.75. The molecule has 0 saturated carbocycles. The SMILES string of the molecule is COc1cc(NC(=O)CSc2nc(C)cc(-c3ccccc3)n2)c(Br)cc1Br. The van der Waals surface area contributed by atoms with Crippen LogP contribution in [0.2, 0.25) is 0 Å². The largest absolute Gasteiger partial charge is 0.495 e. The van der Waals surface area contributed by atoms with Crippen LogP contribution in [0, 0.1) is 6.92 Å². The normalized spacial score (nSPS) is 10.6. The van der Waals surface area contributed by atoms with E-state index in [1.54, 1.807) is 13.2 Å². The standard InChI is InChI=1S/C20H17Br2N3O2S/c1-12-8-16(13-6-4-3-5-7-13)25-20(23-12)28-11-19(26)24-17-10-18(27-2)15(22)9-14(17)21/h3-10H,11H2,1-2H3,(H,24,26). The first-order chi connectivity index (χ1) is 13.5. The van der Waals surface area contributed by atoms with Gasteiger partial charge in [-0.1, -0.05) is 42.1 Å². The lowest BCUT2D eigenvalue weighted by atomic mass is 10.1. The predicted molar refractivity (Wildman–Crippen MR) is 120 cm³/mol. The molecule has 0 aliphatic carbocycles. The Bertz CT molecular complexity index is 1000. The van der Waals surface area contributed by atoms with E-state index in [4.69, 9.17) is 4.74 Å². The number of carbonyl (C=O) groups excluding carboxylic acids is 1. The number of rotatable bonds is 6. The fraction of sp³-hybridized carbons (Fsp3) is 0.150. The van der Waals surface area contributed by atoms with Gasteiger partial charge in [0.2, 0.25) is 5.91 Å². The van der Waals surface area contributed by atoms with E-state index in [0.717, 1.165) is 25.9 Å². The summed E-state index contributed by atoms with van der Waals surface area (Å²) < 4.78 is 6.84. The van der Waals surface area contributed by atoms with Crippen molar-refractivity contribution >= 4 is 55.2 Å². The summed E-state index contributed by atoms with van der Waals surface area (Å²) in [5, 5.41) is 3.45. The Balaban J connectivity index is 1.69. The number of thioether (sulfide) groups is 1. The average Bonchev–Trinajstić information content (AvgIpc) is 2.69. The molecule has 1 amide bonds. The van der Waals surface area contributed by atoms with Crippen molar-refractivity contribution in [1.29, 1.82) is 0 Å². The monoisotopic (exact) mass is 521 g/mol. The minimum atomic E-state index is -0.151. The van der Waals surface area contributed by atoms with Crippen LogP contribution in [0.5, 0.6) is 5.75 Å². The molecular formula is C20H17Br2N3O2S. The molecule has 144 valence electrons. The van der Waals surface area contributed by atoms with Gasteiger partial charge in [-0.3, -0.25) is 4.79 Å². The smallest absolute Gasteiger partial charge is 0.234 e. The first-order valence-electron chi connectivity index (χ1n) is 8.33. The third-order valence-corrected chi connectivity index (χ3v) is 5.87. The number of amides is 1. The van der Waals surface area contributed by atoms with Crippen LogP contribution in [0.1, 0.15) is 5.69 Å². The topological polar surface area (TPSA) is 64.1 Å². The number of aryl methyl sites for hydroxylation is 1. The maximum absolute atomic E-state index is 12.4. The zero-order valence-corrected chi connectivity index (χ0v) is 19.2. The number of carbonyl (C=O) groups is 1. The lowest BCUT2D eigenvalue weighted by Gasteiger charge is -2.11. The van der Waals surface area contributed by atoms with Crippen molar-refractivity contribution < 1.29 is 9.53 Å². The minimum Gasteiger partial charge on any atom is -0.495 e. The molecule has 0 fully saturated rings. The highest BCUT2D eigenvalue weighted by atomic mass is 79.9. The summed E-state index contributed by atoms with van der Waals surface area (Å²) in [6.07, 6.45) is 0. The second kappa shape index (κ2) is 9.54. The molecule has 0 unspecified atom stereocenters. The first kappa shape index (κ1) is 20.8. The molecule has 0 spiro atoms. The van der Waals surface area contributed by atoms with Crippen molar-refractivity contribution in [3.63, 3.8) is 0 Å². The summed E-state index contributed by atoms with van der Waals surface area (Å²) in [6, 6.07) is 15.4. The Morgan fingerprint density at radius 1 is 1.11 bits per heavy atom. The van der Waals surface area contributed by atoms with Crippen molar-refractivity contribution in [3.05, 3.63) is 63.2 Å². The van der Waals surface area contributed by atoms with Gasteiger partial charge in [-0.15, -0.1) is 0 Å². The maximum atomic E-state index is 12.4. The molecule has 0 bridgehead atoms. The molecule has 1 aromatic heterocycles. The van der Waals surface area contributed by atoms with Gasteiger partial charge in [0.25, 0.3) is 0 Å². The van der Waals surface area contributed by atoms with E-state index in [2.05, 4.69) is 47.1 Å².